The minimum atomic E-state index is -0.477. The first-order chi connectivity index (χ1) is 12.0. The molecule has 0 saturated heterocycles. The van der Waals surface area contributed by atoms with E-state index in [0.717, 1.165) is 5.56 Å². The molecule has 5 heteroatoms. The number of esters is 1. The first kappa shape index (κ1) is 18.3. The third kappa shape index (κ3) is 5.23. The third-order valence-corrected chi connectivity index (χ3v) is 3.60. The maximum Gasteiger partial charge on any atom is 0.339 e. The van der Waals surface area contributed by atoms with Crippen LogP contribution in [-0.2, 0) is 9.53 Å². The van der Waals surface area contributed by atoms with E-state index < -0.39 is 5.97 Å². The summed E-state index contributed by atoms with van der Waals surface area (Å²) in [4.78, 5) is 24.9. The third-order valence-electron chi connectivity index (χ3n) is 3.35. The number of likely N-dealkylation sites (N-methyl/N-ethyl adjacent to an activating group) is 1. The predicted molar refractivity (Wildman–Crippen MR) is 98.7 cm³/mol. The molecule has 0 spiro atoms. The Hall–Kier alpha value is -3.03. The second-order valence-corrected chi connectivity index (χ2v) is 5.47. The Balaban J connectivity index is 1.92. The van der Waals surface area contributed by atoms with Crippen molar-refractivity contribution in [2.24, 2.45) is 0 Å². The van der Waals surface area contributed by atoms with Crippen LogP contribution in [0.1, 0.15) is 15.9 Å². The lowest BCUT2D eigenvalue weighted by Gasteiger charge is -2.15. The minimum Gasteiger partial charge on any atom is -0.449 e. The van der Waals surface area contributed by atoms with Crippen LogP contribution in [-0.4, -0.2) is 25.5 Å². The van der Waals surface area contributed by atoms with E-state index >= 15 is 0 Å². The Morgan fingerprint density at radius 2 is 1.80 bits per heavy atom. The van der Waals surface area contributed by atoms with Gasteiger partial charge in [0.25, 0.3) is 0 Å². The smallest absolute Gasteiger partial charge is 0.339 e. The number of amides is 1. The Morgan fingerprint density at radius 1 is 1.16 bits per heavy atom. The molecule has 0 aromatic heterocycles. The van der Waals surface area contributed by atoms with Crippen LogP contribution in [0.2, 0.25) is 5.02 Å². The molecule has 0 aliphatic carbocycles. The highest BCUT2D eigenvalue weighted by atomic mass is 35.5. The zero-order valence-corrected chi connectivity index (χ0v) is 14.4. The van der Waals surface area contributed by atoms with Crippen molar-refractivity contribution >= 4 is 29.2 Å². The number of hydrogen-bond acceptors (Lipinski definition) is 3. The largest absolute Gasteiger partial charge is 0.449 e. The molecule has 126 valence electrons. The van der Waals surface area contributed by atoms with Crippen molar-refractivity contribution < 1.29 is 14.3 Å². The van der Waals surface area contributed by atoms with Gasteiger partial charge in [-0.2, -0.15) is 0 Å². The number of halogens is 1. The summed E-state index contributed by atoms with van der Waals surface area (Å²) in [7, 11) is 1.63. The van der Waals surface area contributed by atoms with Gasteiger partial charge < -0.3 is 9.64 Å². The maximum absolute atomic E-state index is 12.0. The van der Waals surface area contributed by atoms with Gasteiger partial charge in [0, 0.05) is 23.3 Å². The molecule has 0 fully saturated rings. The van der Waals surface area contributed by atoms with Gasteiger partial charge in [-0.05, 0) is 54.6 Å². The van der Waals surface area contributed by atoms with Crippen molar-refractivity contribution in [1.82, 2.24) is 0 Å². The highest BCUT2D eigenvalue weighted by Crippen LogP contribution is 2.15. The first-order valence-electron chi connectivity index (χ1n) is 7.43. The fraction of sp³-hybridized carbons (Fsp3) is 0.100. The zero-order chi connectivity index (χ0) is 18.2. The molecular weight excluding hydrogens is 338 g/mol. The van der Waals surface area contributed by atoms with Gasteiger partial charge in [0.05, 0.1) is 5.56 Å². The van der Waals surface area contributed by atoms with E-state index in [4.69, 9.17) is 16.3 Å². The summed E-state index contributed by atoms with van der Waals surface area (Å²) in [6.07, 6.45) is 1.22. The van der Waals surface area contributed by atoms with Gasteiger partial charge >= 0.3 is 5.97 Å². The fourth-order valence-electron chi connectivity index (χ4n) is 1.94. The Morgan fingerprint density at radius 3 is 2.40 bits per heavy atom. The van der Waals surface area contributed by atoms with E-state index in [1.54, 1.807) is 55.6 Å². The average molecular weight is 354 g/mol. The molecule has 0 heterocycles. The lowest BCUT2D eigenvalue weighted by atomic mass is 10.2. The van der Waals surface area contributed by atoms with E-state index in [0.29, 0.717) is 16.3 Å². The molecule has 0 saturated carbocycles. The van der Waals surface area contributed by atoms with Gasteiger partial charge in [-0.1, -0.05) is 30.0 Å². The molecule has 2 aromatic carbocycles. The predicted octanol–water partition coefficient (Wildman–Crippen LogP) is 3.70. The zero-order valence-electron chi connectivity index (χ0n) is 13.7. The van der Waals surface area contributed by atoms with Crippen LogP contribution in [0.5, 0.6) is 0 Å². The van der Waals surface area contributed by atoms with Crippen LogP contribution in [0.4, 0.5) is 5.69 Å². The molecule has 2 aromatic rings. The molecule has 1 amide bonds. The van der Waals surface area contributed by atoms with Crippen molar-refractivity contribution in [2.75, 3.05) is 18.6 Å². The standard InChI is InChI=1S/C20H16ClNO3/c1-3-19(23)22(2)18-12-8-16(9-13-18)20(24)25-14-4-5-15-6-10-17(21)11-7-15/h3,6-13H,1,14H2,2H3. The van der Waals surface area contributed by atoms with Gasteiger partial charge in [0.1, 0.15) is 0 Å². The minimum absolute atomic E-state index is 0.0158. The lowest BCUT2D eigenvalue weighted by Crippen LogP contribution is -2.23. The summed E-state index contributed by atoms with van der Waals surface area (Å²) in [5.74, 6) is 4.95. The number of hydrogen-bond donors (Lipinski definition) is 0. The molecule has 0 unspecified atom stereocenters. The fourth-order valence-corrected chi connectivity index (χ4v) is 2.07. The van der Waals surface area contributed by atoms with Crippen molar-refractivity contribution in [3.8, 4) is 11.8 Å². The Bertz CT molecular complexity index is 830. The Labute approximate surface area is 151 Å². The molecular formula is C20H16ClNO3. The quantitative estimate of drug-likeness (QED) is 0.478. The van der Waals surface area contributed by atoms with Crippen molar-refractivity contribution in [2.45, 2.75) is 0 Å². The van der Waals surface area contributed by atoms with Crippen LogP contribution in [0.25, 0.3) is 0 Å². The van der Waals surface area contributed by atoms with Crippen LogP contribution in [0.3, 0.4) is 0 Å². The van der Waals surface area contributed by atoms with E-state index in [9.17, 15) is 9.59 Å². The summed E-state index contributed by atoms with van der Waals surface area (Å²) in [6, 6.07) is 13.6. The number of anilines is 1. The lowest BCUT2D eigenvalue weighted by molar-refractivity contribution is -0.113. The van der Waals surface area contributed by atoms with Crippen molar-refractivity contribution in [3.63, 3.8) is 0 Å². The van der Waals surface area contributed by atoms with Crippen LogP contribution in [0, 0.1) is 11.8 Å². The molecule has 2 rings (SSSR count). The summed E-state index contributed by atoms with van der Waals surface area (Å²) in [6.45, 7) is 3.42. The van der Waals surface area contributed by atoms with Gasteiger partial charge in [0.15, 0.2) is 6.61 Å². The summed E-state index contributed by atoms with van der Waals surface area (Å²) >= 11 is 5.79. The number of nitrogens with zero attached hydrogens (tertiary/aromatic N) is 1. The summed E-state index contributed by atoms with van der Waals surface area (Å²) in [5, 5.41) is 0.640. The van der Waals surface area contributed by atoms with Gasteiger partial charge in [-0.3, -0.25) is 4.79 Å². The van der Waals surface area contributed by atoms with Crippen LogP contribution < -0.4 is 4.90 Å². The molecule has 0 N–H and O–H groups in total. The first-order valence-corrected chi connectivity index (χ1v) is 7.81. The Kier molecular flexibility index (Phi) is 6.39. The second kappa shape index (κ2) is 8.72. The molecule has 25 heavy (non-hydrogen) atoms. The normalized spacial score (nSPS) is 9.52. The van der Waals surface area contributed by atoms with Crippen molar-refractivity contribution in [3.05, 3.63) is 77.3 Å². The van der Waals surface area contributed by atoms with Gasteiger partial charge in [-0.25, -0.2) is 4.79 Å². The van der Waals surface area contributed by atoms with E-state index in [1.807, 2.05) is 0 Å². The average Bonchev–Trinajstić information content (AvgIpc) is 2.65. The molecule has 4 nitrogen and oxygen atoms in total. The van der Waals surface area contributed by atoms with E-state index in [2.05, 4.69) is 18.4 Å². The monoisotopic (exact) mass is 353 g/mol. The number of rotatable bonds is 4. The summed E-state index contributed by atoms with van der Waals surface area (Å²) < 4.78 is 5.11. The maximum atomic E-state index is 12.0. The van der Waals surface area contributed by atoms with E-state index in [-0.39, 0.29) is 12.5 Å². The number of carbonyl (C=O) groups excluding carboxylic acids is 2. The molecule has 0 aliphatic heterocycles. The molecule has 0 bridgehead atoms. The SMILES string of the molecule is C=CC(=O)N(C)c1ccc(C(=O)OCC#Cc2ccc(Cl)cc2)cc1. The number of benzene rings is 2. The molecule has 0 radical (unpaired) electrons. The van der Waals surface area contributed by atoms with Crippen LogP contribution in [0.15, 0.2) is 61.2 Å². The summed E-state index contributed by atoms with van der Waals surface area (Å²) in [5.41, 5.74) is 1.83. The molecule has 0 aliphatic rings. The topological polar surface area (TPSA) is 46.6 Å². The highest BCUT2D eigenvalue weighted by Gasteiger charge is 2.10. The van der Waals surface area contributed by atoms with Gasteiger partial charge in [0.2, 0.25) is 5.91 Å². The van der Waals surface area contributed by atoms with Crippen LogP contribution >= 0.6 is 11.6 Å². The number of carbonyl (C=O) groups is 2. The molecule has 0 atom stereocenters. The number of ether oxygens (including phenoxy) is 1. The highest BCUT2D eigenvalue weighted by molar-refractivity contribution is 6.30. The van der Waals surface area contributed by atoms with E-state index in [1.165, 1.54) is 11.0 Å². The van der Waals surface area contributed by atoms with Gasteiger partial charge in [-0.15, -0.1) is 0 Å². The van der Waals surface area contributed by atoms with Crippen molar-refractivity contribution in [1.29, 1.82) is 0 Å². The second-order valence-electron chi connectivity index (χ2n) is 5.03.